The first-order valence-corrected chi connectivity index (χ1v) is 32.5. The minimum absolute atomic E-state index is 0. The molecule has 0 bridgehead atoms. The summed E-state index contributed by atoms with van der Waals surface area (Å²) in [6, 6.07) is 24.2. The second-order valence-corrected chi connectivity index (χ2v) is 23.2. The van der Waals surface area contributed by atoms with Gasteiger partial charge in [0.15, 0.2) is 11.5 Å². The van der Waals surface area contributed by atoms with E-state index in [1.165, 1.54) is 204 Å². The Bertz CT molecular complexity index is 2290. The molecule has 492 valence electrons. The molecule has 0 aliphatic rings. The molecular formula is C70H114N4O13. The zero-order chi connectivity index (χ0) is 63.4. The third-order valence-corrected chi connectivity index (χ3v) is 14.6. The number of carboxylic acid groups (broad SMARTS) is 4. The molecule has 17 heteroatoms. The standard InChI is InChI=1S/2C33H54N2O2.2C2H2O4.H2O/c2*1-4-5-6-7-8-9-10-11-12-13-14-15-16-17-18-22-25-37-33-29-35(27-30-23-20-19-21-24-30)31(26-32(33)36)28-34(2)3;2*3-1(4)2(5)6;/h2*19-21,23-24,26,29H,4-18,22,25,27-28H2,1-3H3;2*(H,3,4)(H,5,6);1H2. The second kappa shape index (κ2) is 53.9. The van der Waals surface area contributed by atoms with Gasteiger partial charge in [0.2, 0.25) is 10.9 Å². The van der Waals surface area contributed by atoms with E-state index in [1.54, 1.807) is 12.1 Å². The highest BCUT2D eigenvalue weighted by Crippen LogP contribution is 2.18. The van der Waals surface area contributed by atoms with Gasteiger partial charge in [0.1, 0.15) is 0 Å². The molecule has 0 atom stereocenters. The highest BCUT2D eigenvalue weighted by atomic mass is 16.5. The number of unbranched alkanes of at least 4 members (excludes halogenated alkanes) is 30. The molecule has 0 saturated carbocycles. The lowest BCUT2D eigenvalue weighted by molar-refractivity contribution is -0.159. The average molecular weight is 1220 g/mol. The molecule has 2 aromatic carbocycles. The first-order valence-electron chi connectivity index (χ1n) is 32.5. The van der Waals surface area contributed by atoms with Gasteiger partial charge in [0.05, 0.1) is 25.6 Å². The van der Waals surface area contributed by atoms with Crippen LogP contribution in [0.25, 0.3) is 0 Å². The molecule has 0 saturated heterocycles. The van der Waals surface area contributed by atoms with Crippen molar-refractivity contribution in [3.63, 3.8) is 0 Å². The number of carbonyl (C=O) groups is 4. The van der Waals surface area contributed by atoms with E-state index in [2.05, 4.69) is 81.3 Å². The second-order valence-electron chi connectivity index (χ2n) is 23.2. The first kappa shape index (κ1) is 80.7. The van der Waals surface area contributed by atoms with Gasteiger partial charge >= 0.3 is 23.9 Å². The van der Waals surface area contributed by atoms with Crippen molar-refractivity contribution >= 4 is 23.9 Å². The van der Waals surface area contributed by atoms with Crippen molar-refractivity contribution in [2.24, 2.45) is 0 Å². The van der Waals surface area contributed by atoms with E-state index < -0.39 is 23.9 Å². The number of nitrogens with zero attached hydrogens (tertiary/aromatic N) is 4. The average Bonchev–Trinajstić information content (AvgIpc) is 3.52. The summed E-state index contributed by atoms with van der Waals surface area (Å²) in [5, 5.41) is 29.6. The maximum absolute atomic E-state index is 12.7. The number of hydrogen-bond donors (Lipinski definition) is 4. The minimum Gasteiger partial charge on any atom is -0.488 e. The van der Waals surface area contributed by atoms with Crippen molar-refractivity contribution in [3.05, 3.63) is 128 Å². The molecule has 2 aromatic heterocycles. The maximum Gasteiger partial charge on any atom is 0.414 e. The largest absolute Gasteiger partial charge is 0.488 e. The van der Waals surface area contributed by atoms with Crippen LogP contribution in [0.1, 0.15) is 242 Å². The van der Waals surface area contributed by atoms with Crippen molar-refractivity contribution in [2.75, 3.05) is 41.4 Å². The van der Waals surface area contributed by atoms with Crippen LogP contribution in [-0.2, 0) is 45.4 Å². The Morgan fingerprint density at radius 2 is 0.609 bits per heavy atom. The summed E-state index contributed by atoms with van der Waals surface area (Å²) in [7, 11) is 8.11. The lowest BCUT2D eigenvalue weighted by atomic mass is 10.0. The summed E-state index contributed by atoms with van der Waals surface area (Å²) in [4.78, 5) is 65.9. The van der Waals surface area contributed by atoms with Gasteiger partial charge in [0.25, 0.3) is 0 Å². The molecule has 0 aliphatic heterocycles. The van der Waals surface area contributed by atoms with Crippen LogP contribution >= 0.6 is 0 Å². The SMILES string of the molecule is CCCCCCCCCCCCCCCCCCOc1cn(Cc2ccccc2)c(CN(C)C)cc1=O.CCCCCCCCCCCCCCCCCCOc1cn(Cc2ccccc2)c(CN(C)C)cc1=O.O.O=C(O)C(=O)O.O=C(O)C(=O)O. The number of aromatic nitrogens is 2. The number of rotatable bonds is 44. The fourth-order valence-electron chi connectivity index (χ4n) is 9.84. The maximum atomic E-state index is 12.7. The lowest BCUT2D eigenvalue weighted by Gasteiger charge is -2.18. The Balaban J connectivity index is 0.00000141. The highest BCUT2D eigenvalue weighted by Gasteiger charge is 2.12. The number of hydrogen-bond acceptors (Lipinski definition) is 10. The van der Waals surface area contributed by atoms with E-state index in [0.717, 1.165) is 50.4 Å². The van der Waals surface area contributed by atoms with Crippen LogP contribution in [0, 0.1) is 0 Å². The van der Waals surface area contributed by atoms with Crippen LogP contribution in [0.5, 0.6) is 11.5 Å². The van der Waals surface area contributed by atoms with E-state index in [1.807, 2.05) is 52.7 Å². The first-order chi connectivity index (χ1) is 41.5. The van der Waals surface area contributed by atoms with E-state index in [0.29, 0.717) is 24.7 Å². The van der Waals surface area contributed by atoms with Crippen LogP contribution < -0.4 is 20.3 Å². The Morgan fingerprint density at radius 3 is 0.828 bits per heavy atom. The number of carboxylic acids is 4. The molecule has 0 radical (unpaired) electrons. The van der Waals surface area contributed by atoms with E-state index in [4.69, 9.17) is 49.1 Å². The van der Waals surface area contributed by atoms with Crippen LogP contribution in [-0.4, -0.2) is 110 Å². The summed E-state index contributed by atoms with van der Waals surface area (Å²) < 4.78 is 16.2. The summed E-state index contributed by atoms with van der Waals surface area (Å²) >= 11 is 0. The zero-order valence-electron chi connectivity index (χ0n) is 54.3. The van der Waals surface area contributed by atoms with E-state index in [9.17, 15) is 9.59 Å². The van der Waals surface area contributed by atoms with E-state index >= 15 is 0 Å². The van der Waals surface area contributed by atoms with Gasteiger partial charge in [-0.3, -0.25) is 9.59 Å². The molecule has 4 aromatic rings. The predicted octanol–water partition coefficient (Wildman–Crippen LogP) is 14.7. The van der Waals surface area contributed by atoms with Crippen LogP contribution in [0.4, 0.5) is 0 Å². The highest BCUT2D eigenvalue weighted by molar-refractivity contribution is 6.27. The molecule has 87 heavy (non-hydrogen) atoms. The monoisotopic (exact) mass is 1220 g/mol. The molecule has 0 spiro atoms. The summed E-state index contributed by atoms with van der Waals surface area (Å²) in [6.45, 7) is 8.72. The smallest absolute Gasteiger partial charge is 0.414 e. The molecule has 2 heterocycles. The molecule has 0 unspecified atom stereocenters. The van der Waals surface area contributed by atoms with E-state index in [-0.39, 0.29) is 16.3 Å². The van der Waals surface area contributed by atoms with Crippen molar-refractivity contribution in [2.45, 2.75) is 245 Å². The Labute approximate surface area is 521 Å². The van der Waals surface area contributed by atoms with Gasteiger partial charge in [-0.1, -0.05) is 267 Å². The fraction of sp³-hybridized carbons (Fsp3) is 0.629. The molecule has 0 aliphatic carbocycles. The van der Waals surface area contributed by atoms with Crippen LogP contribution in [0.15, 0.2) is 94.8 Å². The Morgan fingerprint density at radius 1 is 0.379 bits per heavy atom. The summed E-state index contributed by atoms with van der Waals surface area (Å²) in [6.07, 6.45) is 47.2. The van der Waals surface area contributed by atoms with Crippen LogP contribution in [0.2, 0.25) is 0 Å². The topological polar surface area (TPSA) is 250 Å². The number of benzene rings is 2. The number of pyridine rings is 2. The quantitative estimate of drug-likeness (QED) is 0.0238. The summed E-state index contributed by atoms with van der Waals surface area (Å²) in [5.74, 6) is -6.35. The van der Waals surface area contributed by atoms with Gasteiger partial charge in [0, 0.05) is 49.7 Å². The molecule has 4 rings (SSSR count). The Hall–Kier alpha value is -6.30. The Kier molecular flexibility index (Phi) is 50.0. The third kappa shape index (κ3) is 44.7. The van der Waals surface area contributed by atoms with Crippen molar-refractivity contribution in [1.29, 1.82) is 0 Å². The minimum atomic E-state index is -1.82. The zero-order valence-corrected chi connectivity index (χ0v) is 54.3. The normalized spacial score (nSPS) is 10.7. The number of ether oxygens (including phenoxy) is 2. The van der Waals surface area contributed by atoms with Crippen molar-refractivity contribution < 1.29 is 54.6 Å². The molecule has 17 nitrogen and oxygen atoms in total. The van der Waals surface area contributed by atoms with Gasteiger partial charge in [-0.15, -0.1) is 0 Å². The molecule has 0 fully saturated rings. The van der Waals surface area contributed by atoms with Crippen molar-refractivity contribution in [3.8, 4) is 11.5 Å². The van der Waals surface area contributed by atoms with Gasteiger partial charge < -0.3 is 54.3 Å². The van der Waals surface area contributed by atoms with Gasteiger partial charge in [-0.25, -0.2) is 19.2 Å². The van der Waals surface area contributed by atoms with Gasteiger partial charge in [-0.2, -0.15) is 0 Å². The van der Waals surface area contributed by atoms with Gasteiger partial charge in [-0.05, 0) is 52.2 Å². The van der Waals surface area contributed by atoms with Crippen molar-refractivity contribution in [1.82, 2.24) is 18.9 Å². The van der Waals surface area contributed by atoms with Crippen LogP contribution in [0.3, 0.4) is 0 Å². The fourth-order valence-corrected chi connectivity index (χ4v) is 9.84. The lowest BCUT2D eigenvalue weighted by Crippen LogP contribution is -2.21. The molecule has 0 amide bonds. The molecule has 6 N–H and O–H groups in total. The third-order valence-electron chi connectivity index (χ3n) is 14.6. The predicted molar refractivity (Wildman–Crippen MR) is 352 cm³/mol. The molecular weight excluding hydrogens is 1100 g/mol. The summed E-state index contributed by atoms with van der Waals surface area (Å²) in [5.41, 5.74) is 4.42. The number of aliphatic carboxylic acids is 4.